The van der Waals surface area contributed by atoms with E-state index in [1.165, 1.54) is 50.7 Å². The molecule has 2 aliphatic rings. The molecule has 1 atom stereocenters. The third-order valence-electron chi connectivity index (χ3n) is 6.38. The molecule has 0 bridgehead atoms. The van der Waals surface area contributed by atoms with Gasteiger partial charge in [0.2, 0.25) is 0 Å². The molecule has 0 heteroatoms. The maximum absolute atomic E-state index is 2.40. The maximum Gasteiger partial charge on any atom is 0.0208 e. The first-order valence-electron chi connectivity index (χ1n) is 8.90. The first-order valence-corrected chi connectivity index (χ1v) is 8.90. The molecule has 2 aliphatic carbocycles. The van der Waals surface area contributed by atoms with Crippen LogP contribution >= 0.6 is 0 Å². The van der Waals surface area contributed by atoms with Crippen molar-refractivity contribution in [3.05, 3.63) is 84.0 Å². The summed E-state index contributed by atoms with van der Waals surface area (Å²) in [5.74, 6) is 0. The van der Waals surface area contributed by atoms with Crippen LogP contribution in [-0.2, 0) is 5.41 Å². The minimum Gasteiger partial charge on any atom is -0.0833 e. The molecule has 0 amide bonds. The van der Waals surface area contributed by atoms with Gasteiger partial charge in [-0.1, -0.05) is 78.4 Å². The van der Waals surface area contributed by atoms with Crippen molar-refractivity contribution in [1.29, 1.82) is 0 Å². The van der Waals surface area contributed by atoms with Crippen LogP contribution in [0, 0.1) is 0 Å². The van der Waals surface area contributed by atoms with E-state index in [0.717, 1.165) is 6.42 Å². The van der Waals surface area contributed by atoms with Gasteiger partial charge in [-0.15, -0.1) is 0 Å². The Kier molecular flexibility index (Phi) is 2.27. The van der Waals surface area contributed by atoms with Gasteiger partial charge in [0.15, 0.2) is 0 Å². The van der Waals surface area contributed by atoms with Crippen LogP contribution < -0.4 is 0 Å². The summed E-state index contributed by atoms with van der Waals surface area (Å²) in [6.07, 6.45) is 10.6. The summed E-state index contributed by atoms with van der Waals surface area (Å²) in [7, 11) is 0. The van der Waals surface area contributed by atoms with Crippen LogP contribution in [0.1, 0.15) is 24.8 Å². The second-order valence-electron chi connectivity index (χ2n) is 7.38. The van der Waals surface area contributed by atoms with E-state index in [-0.39, 0.29) is 5.41 Å². The van der Waals surface area contributed by atoms with Crippen LogP contribution in [0.2, 0.25) is 0 Å². The number of fused-ring (bicyclic) bond motifs is 1. The molecule has 6 rings (SSSR count). The van der Waals surface area contributed by atoms with Gasteiger partial charge in [-0.3, -0.25) is 0 Å². The Labute approximate surface area is 141 Å². The Morgan fingerprint density at radius 2 is 1.50 bits per heavy atom. The molecule has 114 valence electrons. The van der Waals surface area contributed by atoms with Crippen molar-refractivity contribution < 1.29 is 0 Å². The predicted molar refractivity (Wildman–Crippen MR) is 103 cm³/mol. The zero-order valence-corrected chi connectivity index (χ0v) is 13.5. The predicted octanol–water partition coefficient (Wildman–Crippen LogP) is 6.50. The summed E-state index contributed by atoms with van der Waals surface area (Å²) in [6, 6.07) is 20.6. The highest BCUT2D eigenvalue weighted by molar-refractivity contribution is 6.23. The van der Waals surface area contributed by atoms with Gasteiger partial charge in [-0.05, 0) is 57.1 Å². The minimum absolute atomic E-state index is 0.261. The van der Waals surface area contributed by atoms with E-state index in [1.54, 1.807) is 5.57 Å². The maximum atomic E-state index is 2.40. The fourth-order valence-corrected chi connectivity index (χ4v) is 5.07. The molecule has 0 unspecified atom stereocenters. The van der Waals surface area contributed by atoms with Crippen molar-refractivity contribution >= 4 is 32.3 Å². The second-order valence-corrected chi connectivity index (χ2v) is 7.38. The fourth-order valence-electron chi connectivity index (χ4n) is 5.07. The molecule has 4 aromatic rings. The summed E-state index contributed by atoms with van der Waals surface area (Å²) in [5.41, 5.74) is 3.42. The molecule has 1 fully saturated rings. The van der Waals surface area contributed by atoms with Crippen LogP contribution in [0.3, 0.4) is 0 Å². The van der Waals surface area contributed by atoms with Crippen LogP contribution in [0.5, 0.6) is 0 Å². The average molecular weight is 306 g/mol. The Bertz CT molecular complexity index is 1160. The van der Waals surface area contributed by atoms with Crippen molar-refractivity contribution in [2.75, 3.05) is 0 Å². The minimum atomic E-state index is 0.261. The Hall–Kier alpha value is -2.60. The lowest BCUT2D eigenvalue weighted by atomic mass is 9.56. The van der Waals surface area contributed by atoms with Gasteiger partial charge >= 0.3 is 0 Å². The van der Waals surface area contributed by atoms with E-state index in [4.69, 9.17) is 0 Å². The highest BCUT2D eigenvalue weighted by Crippen LogP contribution is 2.55. The van der Waals surface area contributed by atoms with Crippen LogP contribution in [-0.4, -0.2) is 0 Å². The lowest BCUT2D eigenvalue weighted by Crippen LogP contribution is -2.38. The summed E-state index contributed by atoms with van der Waals surface area (Å²) in [4.78, 5) is 0. The fraction of sp³-hybridized carbons (Fsp3) is 0.167. The Balaban J connectivity index is 1.78. The van der Waals surface area contributed by atoms with Crippen LogP contribution in [0.4, 0.5) is 0 Å². The summed E-state index contributed by atoms with van der Waals surface area (Å²) in [5, 5.41) is 8.42. The highest BCUT2D eigenvalue weighted by atomic mass is 14.5. The quantitative estimate of drug-likeness (QED) is 0.352. The molecule has 0 radical (unpaired) electrons. The zero-order chi connectivity index (χ0) is 15.7. The molecule has 0 heterocycles. The largest absolute Gasteiger partial charge is 0.0833 e. The van der Waals surface area contributed by atoms with E-state index in [2.05, 4.69) is 72.8 Å². The number of hydrogen-bond acceptors (Lipinski definition) is 0. The second kappa shape index (κ2) is 4.27. The molecule has 0 aromatic heterocycles. The SMILES string of the molecule is C1=CC[C@]2(c3ccc4ccc5cccc6ccc3c4c56)CCC2=C1. The van der Waals surface area contributed by atoms with Gasteiger partial charge in [0, 0.05) is 5.41 Å². The normalized spacial score (nSPS) is 22.8. The van der Waals surface area contributed by atoms with E-state index >= 15 is 0 Å². The van der Waals surface area contributed by atoms with E-state index in [1.807, 2.05) is 0 Å². The molecule has 0 nitrogen and oxygen atoms in total. The van der Waals surface area contributed by atoms with Gasteiger partial charge in [0.05, 0.1) is 0 Å². The number of benzene rings is 4. The smallest absolute Gasteiger partial charge is 0.0208 e. The summed E-state index contributed by atoms with van der Waals surface area (Å²) >= 11 is 0. The first kappa shape index (κ1) is 12.8. The zero-order valence-electron chi connectivity index (χ0n) is 13.5. The third kappa shape index (κ3) is 1.40. The standard InChI is InChI=1S/C24H18/c1-2-14-24(15-13-19(24)6-1)21-12-10-18-8-7-16-4-3-5-17-9-11-20(21)23(18)22(16)17/h1-12H,13-15H2/t24-/m0/s1. The third-order valence-corrected chi connectivity index (χ3v) is 6.38. The molecule has 0 spiro atoms. The van der Waals surface area contributed by atoms with Gasteiger partial charge in [-0.2, -0.15) is 0 Å². The molecule has 1 saturated carbocycles. The van der Waals surface area contributed by atoms with Gasteiger partial charge in [0.1, 0.15) is 0 Å². The Morgan fingerprint density at radius 3 is 2.25 bits per heavy atom. The highest BCUT2D eigenvalue weighted by Gasteiger charge is 2.44. The van der Waals surface area contributed by atoms with E-state index in [9.17, 15) is 0 Å². The van der Waals surface area contributed by atoms with Crippen LogP contribution in [0.25, 0.3) is 32.3 Å². The van der Waals surface area contributed by atoms with Crippen molar-refractivity contribution in [1.82, 2.24) is 0 Å². The average Bonchev–Trinajstić information content (AvgIpc) is 2.61. The Morgan fingerprint density at radius 1 is 0.750 bits per heavy atom. The van der Waals surface area contributed by atoms with Crippen molar-refractivity contribution in [3.63, 3.8) is 0 Å². The first-order chi connectivity index (χ1) is 11.9. The molecular weight excluding hydrogens is 288 g/mol. The number of allylic oxidation sites excluding steroid dienone is 4. The lowest BCUT2D eigenvalue weighted by molar-refractivity contribution is 0.361. The monoisotopic (exact) mass is 306 g/mol. The molecule has 0 aliphatic heterocycles. The topological polar surface area (TPSA) is 0 Å². The lowest BCUT2D eigenvalue weighted by Gasteiger charge is -2.47. The van der Waals surface area contributed by atoms with E-state index < -0.39 is 0 Å². The molecule has 24 heavy (non-hydrogen) atoms. The molecule has 0 saturated heterocycles. The summed E-state index contributed by atoms with van der Waals surface area (Å²) in [6.45, 7) is 0. The van der Waals surface area contributed by atoms with Crippen molar-refractivity contribution in [2.45, 2.75) is 24.7 Å². The van der Waals surface area contributed by atoms with Gasteiger partial charge in [0.25, 0.3) is 0 Å². The van der Waals surface area contributed by atoms with E-state index in [0.29, 0.717) is 0 Å². The number of rotatable bonds is 1. The van der Waals surface area contributed by atoms with Gasteiger partial charge < -0.3 is 0 Å². The molecule has 4 aromatic carbocycles. The van der Waals surface area contributed by atoms with Crippen molar-refractivity contribution in [3.8, 4) is 0 Å². The molecular formula is C24H18. The molecule has 0 N–H and O–H groups in total. The number of hydrogen-bond donors (Lipinski definition) is 0. The van der Waals surface area contributed by atoms with Crippen LogP contribution in [0.15, 0.2) is 78.4 Å². The van der Waals surface area contributed by atoms with Gasteiger partial charge in [-0.25, -0.2) is 0 Å². The van der Waals surface area contributed by atoms with Crippen molar-refractivity contribution in [2.24, 2.45) is 0 Å². The summed E-state index contributed by atoms with van der Waals surface area (Å²) < 4.78 is 0.